The van der Waals surface area contributed by atoms with E-state index in [1.54, 1.807) is 24.3 Å². The van der Waals surface area contributed by atoms with Crippen molar-refractivity contribution in [3.63, 3.8) is 0 Å². The van der Waals surface area contributed by atoms with Crippen molar-refractivity contribution < 1.29 is 14.7 Å². The summed E-state index contributed by atoms with van der Waals surface area (Å²) in [5, 5.41) is 9.52. The first-order chi connectivity index (χ1) is 17.9. The SMILES string of the molecule is CCCCc1c(Cc2ccc(-c3ccccc3C(=O)O)cc2)c(=O)nc(-c2ccccc2)n1NC(N)=O. The Hall–Kier alpha value is -4.72. The molecule has 4 N–H and O–H groups in total. The van der Waals surface area contributed by atoms with Gasteiger partial charge >= 0.3 is 12.0 Å². The number of unbranched alkanes of at least 4 members (excludes halogenated alkanes) is 1. The third kappa shape index (κ3) is 5.75. The number of carboxylic acid groups (broad SMARTS) is 1. The van der Waals surface area contributed by atoms with E-state index >= 15 is 0 Å². The molecule has 0 aliphatic heterocycles. The second-order valence-corrected chi connectivity index (χ2v) is 8.67. The summed E-state index contributed by atoms with van der Waals surface area (Å²) in [6, 6.07) is 22.6. The molecule has 8 heteroatoms. The molecule has 0 aliphatic rings. The lowest BCUT2D eigenvalue weighted by molar-refractivity contribution is 0.0697. The Morgan fingerprint density at radius 1 is 0.946 bits per heavy atom. The summed E-state index contributed by atoms with van der Waals surface area (Å²) in [7, 11) is 0. The Kier molecular flexibility index (Phi) is 7.78. The van der Waals surface area contributed by atoms with Crippen molar-refractivity contribution in [2.45, 2.75) is 32.6 Å². The number of carboxylic acids is 1. The maximum Gasteiger partial charge on any atom is 0.336 e. The molecule has 0 unspecified atom stereocenters. The molecule has 0 radical (unpaired) electrons. The molecule has 0 aliphatic carbocycles. The lowest BCUT2D eigenvalue weighted by Crippen LogP contribution is -2.35. The van der Waals surface area contributed by atoms with Gasteiger partial charge in [0.15, 0.2) is 5.82 Å². The van der Waals surface area contributed by atoms with Crippen LogP contribution >= 0.6 is 0 Å². The lowest BCUT2D eigenvalue weighted by atomic mass is 9.96. The van der Waals surface area contributed by atoms with E-state index in [2.05, 4.69) is 17.3 Å². The molecule has 4 rings (SSSR count). The molecule has 0 bridgehead atoms. The molecular weight excluding hydrogens is 468 g/mol. The van der Waals surface area contributed by atoms with Crippen LogP contribution in [0.2, 0.25) is 0 Å². The van der Waals surface area contributed by atoms with Crippen LogP contribution in [0.5, 0.6) is 0 Å². The minimum atomic E-state index is -0.993. The smallest absolute Gasteiger partial charge is 0.336 e. The fraction of sp³-hybridized carbons (Fsp3) is 0.172. The summed E-state index contributed by atoms with van der Waals surface area (Å²) < 4.78 is 1.53. The number of urea groups is 1. The van der Waals surface area contributed by atoms with Crippen LogP contribution in [0.4, 0.5) is 4.79 Å². The van der Waals surface area contributed by atoms with Gasteiger partial charge in [0.05, 0.1) is 11.3 Å². The van der Waals surface area contributed by atoms with Gasteiger partial charge in [-0.1, -0.05) is 86.1 Å². The van der Waals surface area contributed by atoms with Gasteiger partial charge in [0.25, 0.3) is 5.56 Å². The molecule has 4 aromatic rings. The van der Waals surface area contributed by atoms with Gasteiger partial charge in [-0.3, -0.25) is 4.79 Å². The lowest BCUT2D eigenvalue weighted by Gasteiger charge is -2.21. The van der Waals surface area contributed by atoms with Gasteiger partial charge in [0.1, 0.15) is 0 Å². The van der Waals surface area contributed by atoms with Crippen molar-refractivity contribution in [1.29, 1.82) is 0 Å². The number of aromatic nitrogens is 2. The van der Waals surface area contributed by atoms with Crippen LogP contribution < -0.4 is 16.7 Å². The van der Waals surface area contributed by atoms with Crippen molar-refractivity contribution in [2.75, 3.05) is 5.43 Å². The standard InChI is InChI=1S/C29H28N4O4/c1-2-3-13-25-24(27(34)31-26(33(25)32-29(30)37)21-9-5-4-6-10-21)18-19-14-16-20(17-15-19)22-11-7-8-12-23(22)28(35)36/h4-12,14-17H,2-3,13,18H2,1H3,(H,35,36)(H3,30,32,37). The van der Waals surface area contributed by atoms with Crippen molar-refractivity contribution in [3.8, 4) is 22.5 Å². The Morgan fingerprint density at radius 3 is 2.27 bits per heavy atom. The highest BCUT2D eigenvalue weighted by molar-refractivity contribution is 5.96. The highest BCUT2D eigenvalue weighted by atomic mass is 16.4. The van der Waals surface area contributed by atoms with E-state index < -0.39 is 12.0 Å². The van der Waals surface area contributed by atoms with Crippen molar-refractivity contribution >= 4 is 12.0 Å². The third-order valence-corrected chi connectivity index (χ3v) is 6.12. The van der Waals surface area contributed by atoms with E-state index in [0.29, 0.717) is 41.1 Å². The minimum absolute atomic E-state index is 0.221. The fourth-order valence-corrected chi connectivity index (χ4v) is 4.32. The number of amides is 2. The van der Waals surface area contributed by atoms with Gasteiger partial charge in [0, 0.05) is 17.5 Å². The largest absolute Gasteiger partial charge is 0.478 e. The van der Waals surface area contributed by atoms with E-state index in [4.69, 9.17) is 5.73 Å². The number of aromatic carboxylic acids is 1. The Balaban J connectivity index is 1.78. The molecule has 3 aromatic carbocycles. The number of benzene rings is 3. The van der Waals surface area contributed by atoms with Gasteiger partial charge in [0.2, 0.25) is 0 Å². The predicted molar refractivity (Wildman–Crippen MR) is 143 cm³/mol. The van der Waals surface area contributed by atoms with Gasteiger partial charge in [-0.05, 0) is 35.6 Å². The number of nitrogens with one attached hydrogen (secondary N) is 1. The molecule has 2 amide bonds. The second kappa shape index (κ2) is 11.3. The van der Waals surface area contributed by atoms with Gasteiger partial charge in [-0.2, -0.15) is 4.98 Å². The summed E-state index contributed by atoms with van der Waals surface area (Å²) in [6.45, 7) is 2.05. The molecule has 1 aromatic heterocycles. The Labute approximate surface area is 214 Å². The number of hydrogen-bond donors (Lipinski definition) is 3. The average Bonchev–Trinajstić information content (AvgIpc) is 2.90. The molecule has 1 heterocycles. The van der Waals surface area contributed by atoms with Gasteiger partial charge < -0.3 is 10.8 Å². The summed E-state index contributed by atoms with van der Waals surface area (Å²) in [5.74, 6) is -0.674. The highest BCUT2D eigenvalue weighted by Crippen LogP contribution is 2.26. The zero-order valence-electron chi connectivity index (χ0n) is 20.5. The van der Waals surface area contributed by atoms with Crippen LogP contribution in [0.15, 0.2) is 83.7 Å². The van der Waals surface area contributed by atoms with E-state index in [-0.39, 0.29) is 11.1 Å². The quantitative estimate of drug-likeness (QED) is 0.306. The first-order valence-electron chi connectivity index (χ1n) is 12.1. The van der Waals surface area contributed by atoms with Crippen LogP contribution in [0.1, 0.15) is 46.9 Å². The molecule has 188 valence electrons. The zero-order valence-corrected chi connectivity index (χ0v) is 20.5. The summed E-state index contributed by atoms with van der Waals surface area (Å²) in [4.78, 5) is 41.2. The van der Waals surface area contributed by atoms with Crippen LogP contribution in [0.3, 0.4) is 0 Å². The van der Waals surface area contributed by atoms with Gasteiger partial charge in [-0.15, -0.1) is 0 Å². The number of primary amides is 1. The second-order valence-electron chi connectivity index (χ2n) is 8.67. The van der Waals surface area contributed by atoms with Crippen molar-refractivity contribution in [1.82, 2.24) is 9.66 Å². The molecular formula is C29H28N4O4. The Morgan fingerprint density at radius 2 is 1.62 bits per heavy atom. The van der Waals surface area contributed by atoms with Crippen LogP contribution in [-0.2, 0) is 12.8 Å². The predicted octanol–water partition coefficient (Wildman–Crippen LogP) is 4.83. The van der Waals surface area contributed by atoms with Crippen LogP contribution in [0, 0.1) is 0 Å². The molecule has 0 saturated heterocycles. The van der Waals surface area contributed by atoms with Crippen molar-refractivity contribution in [3.05, 3.63) is 112 Å². The maximum absolute atomic E-state index is 13.3. The average molecular weight is 497 g/mol. The summed E-state index contributed by atoms with van der Waals surface area (Å²) in [5.41, 5.74) is 12.0. The highest BCUT2D eigenvalue weighted by Gasteiger charge is 2.20. The number of carbonyl (C=O) groups excluding carboxylic acids is 1. The summed E-state index contributed by atoms with van der Waals surface area (Å²) in [6.07, 6.45) is 2.54. The first-order valence-corrected chi connectivity index (χ1v) is 12.1. The summed E-state index contributed by atoms with van der Waals surface area (Å²) >= 11 is 0. The monoisotopic (exact) mass is 496 g/mol. The van der Waals surface area contributed by atoms with Crippen LogP contribution in [0.25, 0.3) is 22.5 Å². The number of hydrogen-bond acceptors (Lipinski definition) is 4. The third-order valence-electron chi connectivity index (χ3n) is 6.12. The zero-order chi connectivity index (χ0) is 26.4. The molecule has 8 nitrogen and oxygen atoms in total. The minimum Gasteiger partial charge on any atom is -0.478 e. The van der Waals surface area contributed by atoms with Crippen LogP contribution in [-0.4, -0.2) is 26.8 Å². The van der Waals surface area contributed by atoms with Gasteiger partial charge in [-0.25, -0.2) is 19.7 Å². The molecule has 37 heavy (non-hydrogen) atoms. The maximum atomic E-state index is 13.3. The molecule has 0 saturated carbocycles. The normalized spacial score (nSPS) is 10.7. The number of nitrogens with two attached hydrogens (primary N) is 1. The van der Waals surface area contributed by atoms with E-state index in [1.165, 1.54) is 4.68 Å². The number of nitrogens with zero attached hydrogens (tertiary/aromatic N) is 2. The Bertz CT molecular complexity index is 1480. The van der Waals surface area contributed by atoms with Crippen molar-refractivity contribution in [2.24, 2.45) is 5.73 Å². The number of rotatable bonds is 9. The molecule has 0 spiro atoms. The number of carbonyl (C=O) groups is 2. The fourth-order valence-electron chi connectivity index (χ4n) is 4.32. The van der Waals surface area contributed by atoms with E-state index in [1.807, 2.05) is 54.6 Å². The van der Waals surface area contributed by atoms with E-state index in [0.717, 1.165) is 24.0 Å². The topological polar surface area (TPSA) is 127 Å². The first kappa shape index (κ1) is 25.4. The van der Waals surface area contributed by atoms with E-state index in [9.17, 15) is 19.5 Å². The molecule has 0 atom stereocenters. The molecule has 0 fully saturated rings.